The molecule has 0 radical (unpaired) electrons. The molecule has 0 saturated carbocycles. The van der Waals surface area contributed by atoms with Gasteiger partial charge in [-0.15, -0.1) is 0 Å². The summed E-state index contributed by atoms with van der Waals surface area (Å²) < 4.78 is 10.9. The van der Waals surface area contributed by atoms with Crippen molar-refractivity contribution in [1.29, 1.82) is 0 Å². The van der Waals surface area contributed by atoms with Crippen molar-refractivity contribution in [2.75, 3.05) is 19.8 Å². The highest BCUT2D eigenvalue weighted by atomic mass is 16.5. The third-order valence-electron chi connectivity index (χ3n) is 3.74. The maximum atomic E-state index is 12.1. The molecular formula is C17H25NO3. The minimum atomic E-state index is -0.394. The second-order valence-electron chi connectivity index (χ2n) is 5.33. The van der Waals surface area contributed by atoms with Crippen molar-refractivity contribution >= 4 is 5.97 Å². The van der Waals surface area contributed by atoms with Crippen LogP contribution in [0.2, 0.25) is 0 Å². The molecule has 2 atom stereocenters. The summed E-state index contributed by atoms with van der Waals surface area (Å²) in [7, 11) is 0. The van der Waals surface area contributed by atoms with E-state index in [4.69, 9.17) is 9.47 Å². The van der Waals surface area contributed by atoms with Crippen LogP contribution in [0.5, 0.6) is 0 Å². The Labute approximate surface area is 126 Å². The molecule has 21 heavy (non-hydrogen) atoms. The molecule has 4 nitrogen and oxygen atoms in total. The minimum Gasteiger partial charge on any atom is -0.465 e. The molecule has 1 fully saturated rings. The van der Waals surface area contributed by atoms with Gasteiger partial charge in [0.1, 0.15) is 6.04 Å². The van der Waals surface area contributed by atoms with Crippen LogP contribution < -0.4 is 5.32 Å². The molecule has 0 aliphatic carbocycles. The largest absolute Gasteiger partial charge is 0.465 e. The summed E-state index contributed by atoms with van der Waals surface area (Å²) in [6.07, 6.45) is 4.79. The van der Waals surface area contributed by atoms with Crippen LogP contribution in [0.4, 0.5) is 0 Å². The summed E-state index contributed by atoms with van der Waals surface area (Å²) in [5, 5.41) is 3.31. The molecule has 2 rings (SSSR count). The third kappa shape index (κ3) is 5.14. The zero-order valence-electron chi connectivity index (χ0n) is 12.7. The minimum absolute atomic E-state index is 0.215. The van der Waals surface area contributed by atoms with Crippen molar-refractivity contribution in [1.82, 2.24) is 5.32 Å². The lowest BCUT2D eigenvalue weighted by atomic mass is 10.0. The topological polar surface area (TPSA) is 47.6 Å². The summed E-state index contributed by atoms with van der Waals surface area (Å²) in [6.45, 7) is 3.85. The lowest BCUT2D eigenvalue weighted by Gasteiger charge is -2.24. The standard InChI is InChI=1S/C17H25NO3/c1-2-20-17(19)16(14-8-4-3-5-9-14)18-12-11-15-10-6-7-13-21-15/h3-5,8-9,15-16,18H,2,6-7,10-13H2,1H3. The van der Waals surface area contributed by atoms with Crippen molar-refractivity contribution in [2.45, 2.75) is 44.8 Å². The molecule has 1 saturated heterocycles. The lowest BCUT2D eigenvalue weighted by molar-refractivity contribution is -0.145. The molecule has 0 spiro atoms. The fourth-order valence-corrected chi connectivity index (χ4v) is 2.63. The van der Waals surface area contributed by atoms with Crippen LogP contribution in [0.3, 0.4) is 0 Å². The van der Waals surface area contributed by atoms with E-state index in [0.29, 0.717) is 12.7 Å². The van der Waals surface area contributed by atoms with Gasteiger partial charge in [-0.1, -0.05) is 30.3 Å². The first-order valence-electron chi connectivity index (χ1n) is 7.88. The van der Waals surface area contributed by atoms with Crippen LogP contribution in [-0.2, 0) is 14.3 Å². The highest BCUT2D eigenvalue weighted by molar-refractivity contribution is 5.77. The van der Waals surface area contributed by atoms with E-state index in [1.807, 2.05) is 37.3 Å². The number of benzene rings is 1. The number of carbonyl (C=O) groups is 1. The molecule has 116 valence electrons. The SMILES string of the molecule is CCOC(=O)C(NCCC1CCCCO1)c1ccccc1. The molecule has 1 heterocycles. The Hall–Kier alpha value is -1.39. The molecule has 2 unspecified atom stereocenters. The quantitative estimate of drug-likeness (QED) is 0.785. The average Bonchev–Trinajstić information content (AvgIpc) is 2.53. The van der Waals surface area contributed by atoms with Crippen LogP contribution in [0.15, 0.2) is 30.3 Å². The van der Waals surface area contributed by atoms with Crippen LogP contribution in [0.1, 0.15) is 44.2 Å². The van der Waals surface area contributed by atoms with Gasteiger partial charge in [0, 0.05) is 6.61 Å². The highest BCUT2D eigenvalue weighted by Gasteiger charge is 2.22. The number of carbonyl (C=O) groups excluding carboxylic acids is 1. The van der Waals surface area contributed by atoms with E-state index in [1.165, 1.54) is 12.8 Å². The number of esters is 1. The Morgan fingerprint density at radius 3 is 2.86 bits per heavy atom. The second-order valence-corrected chi connectivity index (χ2v) is 5.33. The van der Waals surface area contributed by atoms with Crippen molar-refractivity contribution in [3.63, 3.8) is 0 Å². The fourth-order valence-electron chi connectivity index (χ4n) is 2.63. The van der Waals surface area contributed by atoms with E-state index in [1.54, 1.807) is 0 Å². The first-order valence-corrected chi connectivity index (χ1v) is 7.88. The van der Waals surface area contributed by atoms with Gasteiger partial charge in [0.05, 0.1) is 12.7 Å². The maximum Gasteiger partial charge on any atom is 0.327 e. The highest BCUT2D eigenvalue weighted by Crippen LogP contribution is 2.17. The molecule has 1 aliphatic heterocycles. The first-order chi connectivity index (χ1) is 10.3. The van der Waals surface area contributed by atoms with Crippen LogP contribution in [0, 0.1) is 0 Å². The molecule has 1 N–H and O–H groups in total. The van der Waals surface area contributed by atoms with Crippen molar-refractivity contribution in [3.8, 4) is 0 Å². The van der Waals surface area contributed by atoms with E-state index < -0.39 is 6.04 Å². The first kappa shape index (κ1) is 16.0. The van der Waals surface area contributed by atoms with Crippen molar-refractivity contribution in [2.24, 2.45) is 0 Å². The van der Waals surface area contributed by atoms with E-state index in [2.05, 4.69) is 5.32 Å². The molecule has 1 aromatic carbocycles. The van der Waals surface area contributed by atoms with Gasteiger partial charge in [0.2, 0.25) is 0 Å². The lowest BCUT2D eigenvalue weighted by Crippen LogP contribution is -2.33. The van der Waals surface area contributed by atoms with Crippen LogP contribution >= 0.6 is 0 Å². The van der Waals surface area contributed by atoms with E-state index in [9.17, 15) is 4.79 Å². The Kier molecular flexibility index (Phi) is 6.70. The Bertz CT molecular complexity index is 415. The molecule has 0 amide bonds. The van der Waals surface area contributed by atoms with Gasteiger partial charge in [-0.25, -0.2) is 4.79 Å². The molecule has 1 aromatic rings. The maximum absolute atomic E-state index is 12.1. The summed E-state index contributed by atoms with van der Waals surface area (Å²) >= 11 is 0. The smallest absolute Gasteiger partial charge is 0.327 e. The molecule has 0 bridgehead atoms. The van der Waals surface area contributed by atoms with Gasteiger partial charge in [0.25, 0.3) is 0 Å². The van der Waals surface area contributed by atoms with Gasteiger partial charge < -0.3 is 14.8 Å². The summed E-state index contributed by atoms with van der Waals surface area (Å²) in [6, 6.07) is 9.33. The van der Waals surface area contributed by atoms with E-state index >= 15 is 0 Å². The second kappa shape index (κ2) is 8.80. The monoisotopic (exact) mass is 291 g/mol. The number of rotatable bonds is 7. The van der Waals surface area contributed by atoms with Gasteiger partial charge in [-0.05, 0) is 44.7 Å². The predicted octanol–water partition coefficient (Wildman–Crippen LogP) is 2.84. The number of hydrogen-bond acceptors (Lipinski definition) is 4. The van der Waals surface area contributed by atoms with Gasteiger partial charge >= 0.3 is 5.97 Å². The Morgan fingerprint density at radius 2 is 2.19 bits per heavy atom. The predicted molar refractivity (Wildman–Crippen MR) is 82.0 cm³/mol. The molecule has 4 heteroatoms. The van der Waals surface area contributed by atoms with Crippen molar-refractivity contribution in [3.05, 3.63) is 35.9 Å². The molecule has 0 aromatic heterocycles. The number of ether oxygens (including phenoxy) is 2. The van der Waals surface area contributed by atoms with Crippen LogP contribution in [0.25, 0.3) is 0 Å². The fraction of sp³-hybridized carbons (Fsp3) is 0.588. The average molecular weight is 291 g/mol. The zero-order valence-corrected chi connectivity index (χ0v) is 12.7. The zero-order chi connectivity index (χ0) is 14.9. The third-order valence-corrected chi connectivity index (χ3v) is 3.74. The number of nitrogens with one attached hydrogen (secondary N) is 1. The normalized spacial score (nSPS) is 20.0. The van der Waals surface area contributed by atoms with Crippen molar-refractivity contribution < 1.29 is 14.3 Å². The van der Waals surface area contributed by atoms with E-state index in [0.717, 1.165) is 31.6 Å². The van der Waals surface area contributed by atoms with Gasteiger partial charge in [0.15, 0.2) is 0 Å². The van der Waals surface area contributed by atoms with Gasteiger partial charge in [-0.3, -0.25) is 0 Å². The Morgan fingerprint density at radius 1 is 1.38 bits per heavy atom. The summed E-state index contributed by atoms with van der Waals surface area (Å²) in [5.74, 6) is -0.215. The van der Waals surface area contributed by atoms with E-state index in [-0.39, 0.29) is 5.97 Å². The number of hydrogen-bond donors (Lipinski definition) is 1. The summed E-state index contributed by atoms with van der Waals surface area (Å²) in [4.78, 5) is 12.1. The summed E-state index contributed by atoms with van der Waals surface area (Å²) in [5.41, 5.74) is 0.945. The van der Waals surface area contributed by atoms with Crippen LogP contribution in [-0.4, -0.2) is 31.8 Å². The molecular weight excluding hydrogens is 266 g/mol. The Balaban J connectivity index is 1.88. The molecule has 1 aliphatic rings. The van der Waals surface area contributed by atoms with Gasteiger partial charge in [-0.2, -0.15) is 0 Å².